The Kier molecular flexibility index (Phi) is 8.36. The third-order valence-corrected chi connectivity index (χ3v) is 3.02. The van der Waals surface area contributed by atoms with Crippen LogP contribution >= 0.6 is 0 Å². The predicted octanol–water partition coefficient (Wildman–Crippen LogP) is 5.99. The Hall–Kier alpha value is -0.960. The number of ether oxygens (including phenoxy) is 3. The third kappa shape index (κ3) is 6.03. The van der Waals surface area contributed by atoms with Gasteiger partial charge in [-0.1, -0.05) is 27.7 Å². The van der Waals surface area contributed by atoms with Gasteiger partial charge in [-0.2, -0.15) is 52.7 Å². The molecule has 0 spiro atoms. The van der Waals surface area contributed by atoms with E-state index in [2.05, 4.69) is 14.2 Å². The lowest BCUT2D eigenvalue weighted by Gasteiger charge is -2.45. The van der Waals surface area contributed by atoms with Gasteiger partial charge in [0.1, 0.15) is 0 Å². The minimum absolute atomic E-state index is 1.01. The van der Waals surface area contributed by atoms with Gasteiger partial charge in [0, 0.05) is 0 Å². The number of halogens is 12. The average Bonchev–Trinajstić information content (AvgIpc) is 2.40. The second-order valence-electron chi connectivity index (χ2n) is 6.74. The minimum Gasteiger partial charge on any atom is -0.335 e. The SMILES string of the molecule is CC(C)COC(OC(OCC(C)C)(C(F)(F)F)C(F)(F)F)(C(F)(F)F)C(F)(F)F. The smallest absolute Gasteiger partial charge is 0.335 e. The van der Waals surface area contributed by atoms with E-state index in [0.717, 1.165) is 27.7 Å². The molecule has 0 amide bonds. The van der Waals surface area contributed by atoms with Gasteiger partial charge in [0.2, 0.25) is 0 Å². The van der Waals surface area contributed by atoms with Crippen molar-refractivity contribution in [3.63, 3.8) is 0 Å². The van der Waals surface area contributed by atoms with E-state index in [4.69, 9.17) is 0 Å². The highest BCUT2D eigenvalue weighted by Crippen LogP contribution is 2.55. The lowest BCUT2D eigenvalue weighted by atomic mass is 10.1. The standard InChI is InChI=1S/C14H18F12O3/c1-7(2)5-27-9(11(15,16)17,12(18,19)20)29-10(13(21,22)23,14(24,25)26)28-6-8(3)4/h7-8H,5-6H2,1-4H3. The zero-order valence-electron chi connectivity index (χ0n) is 15.3. The fourth-order valence-corrected chi connectivity index (χ4v) is 1.71. The summed E-state index contributed by atoms with van der Waals surface area (Å²) in [6, 6.07) is 0. The van der Waals surface area contributed by atoms with Gasteiger partial charge in [-0.15, -0.1) is 0 Å². The highest BCUT2D eigenvalue weighted by Gasteiger charge is 2.84. The number of rotatable bonds is 8. The van der Waals surface area contributed by atoms with Crippen LogP contribution in [0.15, 0.2) is 0 Å². The maximum absolute atomic E-state index is 13.3. The lowest BCUT2D eigenvalue weighted by molar-refractivity contribution is -0.566. The summed E-state index contributed by atoms with van der Waals surface area (Å²) in [6.07, 6.45) is -27.5. The van der Waals surface area contributed by atoms with Gasteiger partial charge >= 0.3 is 36.3 Å². The Bertz CT molecular complexity index is 442. The summed E-state index contributed by atoms with van der Waals surface area (Å²) in [7, 11) is 0. The molecule has 0 heterocycles. The van der Waals surface area contributed by atoms with E-state index >= 15 is 0 Å². The van der Waals surface area contributed by atoms with Crippen LogP contribution in [0, 0.1) is 11.8 Å². The molecule has 176 valence electrons. The van der Waals surface area contributed by atoms with Crippen molar-refractivity contribution < 1.29 is 66.9 Å². The van der Waals surface area contributed by atoms with Gasteiger partial charge < -0.3 is 9.47 Å². The Labute approximate surface area is 157 Å². The topological polar surface area (TPSA) is 27.7 Å². The van der Waals surface area contributed by atoms with Crippen molar-refractivity contribution in [2.45, 2.75) is 64.0 Å². The average molecular weight is 462 g/mol. The molecule has 0 aromatic rings. The Morgan fingerprint density at radius 3 is 0.828 bits per heavy atom. The zero-order chi connectivity index (χ0) is 23.7. The Morgan fingerprint density at radius 1 is 0.483 bits per heavy atom. The van der Waals surface area contributed by atoms with E-state index in [-0.39, 0.29) is 0 Å². The van der Waals surface area contributed by atoms with Crippen molar-refractivity contribution in [3.8, 4) is 0 Å². The molecule has 0 aliphatic rings. The van der Waals surface area contributed by atoms with Gasteiger partial charge in [-0.05, 0) is 11.8 Å². The van der Waals surface area contributed by atoms with Crippen molar-refractivity contribution in [2.75, 3.05) is 13.2 Å². The van der Waals surface area contributed by atoms with Gasteiger partial charge in [0.05, 0.1) is 13.2 Å². The zero-order valence-corrected chi connectivity index (χ0v) is 15.3. The van der Waals surface area contributed by atoms with Gasteiger partial charge in [-0.3, -0.25) is 4.74 Å². The maximum Gasteiger partial charge on any atom is 0.453 e. The van der Waals surface area contributed by atoms with Crippen molar-refractivity contribution in [1.29, 1.82) is 0 Å². The van der Waals surface area contributed by atoms with Crippen LogP contribution in [0.2, 0.25) is 0 Å². The molecule has 15 heteroatoms. The molecular formula is C14H18F12O3. The first-order chi connectivity index (χ1) is 12.5. The summed E-state index contributed by atoms with van der Waals surface area (Å²) < 4.78 is 169. The molecule has 0 saturated carbocycles. The number of alkyl halides is 12. The van der Waals surface area contributed by atoms with Crippen LogP contribution in [0.5, 0.6) is 0 Å². The van der Waals surface area contributed by atoms with Crippen molar-refractivity contribution in [2.24, 2.45) is 11.8 Å². The molecule has 0 unspecified atom stereocenters. The molecule has 0 aliphatic heterocycles. The molecule has 0 aliphatic carbocycles. The van der Waals surface area contributed by atoms with E-state index < -0.39 is 61.3 Å². The summed E-state index contributed by atoms with van der Waals surface area (Å²) in [6.45, 7) is 0.964. The van der Waals surface area contributed by atoms with Crippen molar-refractivity contribution in [1.82, 2.24) is 0 Å². The van der Waals surface area contributed by atoms with Crippen molar-refractivity contribution in [3.05, 3.63) is 0 Å². The molecule has 29 heavy (non-hydrogen) atoms. The van der Waals surface area contributed by atoms with E-state index in [1.807, 2.05) is 0 Å². The lowest BCUT2D eigenvalue weighted by Crippen LogP contribution is -2.71. The summed E-state index contributed by atoms with van der Waals surface area (Å²) in [5.41, 5.74) is 0. The maximum atomic E-state index is 13.3. The third-order valence-electron chi connectivity index (χ3n) is 3.02. The van der Waals surface area contributed by atoms with Gasteiger partial charge in [0.15, 0.2) is 0 Å². The first kappa shape index (κ1) is 28.0. The summed E-state index contributed by atoms with van der Waals surface area (Å²) >= 11 is 0. The first-order valence-electron chi connectivity index (χ1n) is 7.79. The summed E-state index contributed by atoms with van der Waals surface area (Å²) in [5.74, 6) is -14.8. The molecule has 0 bridgehead atoms. The molecule has 3 nitrogen and oxygen atoms in total. The molecule has 0 atom stereocenters. The Morgan fingerprint density at radius 2 is 0.690 bits per heavy atom. The van der Waals surface area contributed by atoms with Gasteiger partial charge in [0.25, 0.3) is 0 Å². The highest BCUT2D eigenvalue weighted by atomic mass is 19.4. The monoisotopic (exact) mass is 462 g/mol. The molecule has 0 aromatic carbocycles. The minimum atomic E-state index is -6.89. The molecule has 0 rings (SSSR count). The fraction of sp³-hybridized carbons (Fsp3) is 1.00. The predicted molar refractivity (Wildman–Crippen MR) is 72.3 cm³/mol. The van der Waals surface area contributed by atoms with E-state index in [1.165, 1.54) is 0 Å². The molecule has 0 radical (unpaired) electrons. The van der Waals surface area contributed by atoms with Crippen molar-refractivity contribution >= 4 is 0 Å². The fourth-order valence-electron chi connectivity index (χ4n) is 1.71. The second-order valence-corrected chi connectivity index (χ2v) is 6.74. The van der Waals surface area contributed by atoms with E-state index in [0.29, 0.717) is 0 Å². The number of hydrogen-bond donors (Lipinski definition) is 0. The molecule has 0 N–H and O–H groups in total. The Balaban J connectivity index is 6.87. The quantitative estimate of drug-likeness (QED) is 0.328. The highest BCUT2D eigenvalue weighted by molar-refractivity contribution is 4.96. The van der Waals surface area contributed by atoms with Crippen LogP contribution in [0.1, 0.15) is 27.7 Å². The molecule has 0 aromatic heterocycles. The van der Waals surface area contributed by atoms with E-state index in [9.17, 15) is 52.7 Å². The van der Waals surface area contributed by atoms with E-state index in [1.54, 1.807) is 0 Å². The normalized spacial score (nSPS) is 15.5. The molecule has 0 fully saturated rings. The van der Waals surface area contributed by atoms with Crippen LogP contribution in [-0.2, 0) is 14.2 Å². The van der Waals surface area contributed by atoms with Crippen LogP contribution in [0.3, 0.4) is 0 Å². The van der Waals surface area contributed by atoms with Crippen LogP contribution in [-0.4, -0.2) is 49.5 Å². The molecule has 0 saturated heterocycles. The first-order valence-corrected chi connectivity index (χ1v) is 7.79. The summed E-state index contributed by atoms with van der Waals surface area (Å²) in [4.78, 5) is 0. The number of hydrogen-bond acceptors (Lipinski definition) is 3. The second kappa shape index (κ2) is 8.65. The van der Waals surface area contributed by atoms with Crippen LogP contribution < -0.4 is 0 Å². The summed E-state index contributed by atoms with van der Waals surface area (Å²) in [5, 5.41) is 0. The molecular weight excluding hydrogens is 444 g/mol. The largest absolute Gasteiger partial charge is 0.453 e. The van der Waals surface area contributed by atoms with Crippen LogP contribution in [0.4, 0.5) is 52.7 Å². The van der Waals surface area contributed by atoms with Crippen LogP contribution in [0.25, 0.3) is 0 Å². The van der Waals surface area contributed by atoms with Gasteiger partial charge in [-0.25, -0.2) is 0 Å².